The van der Waals surface area contributed by atoms with Gasteiger partial charge in [0.05, 0.1) is 17.9 Å². The third-order valence-electron chi connectivity index (χ3n) is 4.27. The Kier molecular flexibility index (Phi) is 5.80. The fourth-order valence-corrected chi connectivity index (χ4v) is 3.01. The minimum absolute atomic E-state index is 0.00236. The number of esters is 1. The number of imide groups is 1. The van der Waals surface area contributed by atoms with E-state index < -0.39 is 17.8 Å². The first-order chi connectivity index (χ1) is 13.5. The largest absolute Gasteiger partial charge is 0.462 e. The van der Waals surface area contributed by atoms with Crippen LogP contribution < -0.4 is 10.2 Å². The van der Waals surface area contributed by atoms with E-state index in [1.54, 1.807) is 25.1 Å². The number of ether oxygens (including phenoxy) is 1. The Morgan fingerprint density at radius 3 is 2.43 bits per heavy atom. The van der Waals surface area contributed by atoms with Gasteiger partial charge in [-0.15, -0.1) is 0 Å². The molecule has 0 saturated carbocycles. The third kappa shape index (κ3) is 3.77. The number of aryl methyl sites for hydroxylation is 1. The van der Waals surface area contributed by atoms with Gasteiger partial charge in [-0.25, -0.2) is 9.69 Å². The van der Waals surface area contributed by atoms with Gasteiger partial charge in [-0.2, -0.15) is 0 Å². The number of nitrogens with zero attached hydrogens (tertiary/aromatic N) is 1. The summed E-state index contributed by atoms with van der Waals surface area (Å²) >= 11 is 6.14. The number of hydrogen-bond donors (Lipinski definition) is 1. The predicted molar refractivity (Wildman–Crippen MR) is 107 cm³/mol. The molecule has 1 heterocycles. The van der Waals surface area contributed by atoms with Gasteiger partial charge < -0.3 is 10.1 Å². The van der Waals surface area contributed by atoms with Crippen LogP contribution in [0.5, 0.6) is 0 Å². The Bertz CT molecular complexity index is 967. The molecule has 0 spiro atoms. The van der Waals surface area contributed by atoms with Crippen molar-refractivity contribution in [2.45, 2.75) is 20.3 Å². The molecule has 1 aliphatic heterocycles. The molecule has 3 rings (SSSR count). The van der Waals surface area contributed by atoms with Crippen LogP contribution in [0.3, 0.4) is 0 Å². The number of anilines is 2. The van der Waals surface area contributed by atoms with Gasteiger partial charge in [0, 0.05) is 5.69 Å². The summed E-state index contributed by atoms with van der Waals surface area (Å²) in [7, 11) is 0. The average molecular weight is 399 g/mol. The minimum Gasteiger partial charge on any atom is -0.462 e. The number of rotatable bonds is 6. The molecule has 2 amide bonds. The Morgan fingerprint density at radius 2 is 1.79 bits per heavy atom. The van der Waals surface area contributed by atoms with Crippen LogP contribution in [0.15, 0.2) is 59.3 Å². The molecule has 2 aromatic rings. The van der Waals surface area contributed by atoms with Gasteiger partial charge in [0.25, 0.3) is 11.8 Å². The summed E-state index contributed by atoms with van der Waals surface area (Å²) in [6, 6.07) is 13.6. The Morgan fingerprint density at radius 1 is 1.07 bits per heavy atom. The average Bonchev–Trinajstić information content (AvgIpc) is 2.92. The summed E-state index contributed by atoms with van der Waals surface area (Å²) in [4.78, 5) is 38.3. The number of amides is 2. The fraction of sp³-hybridized carbons (Fsp3) is 0.190. The number of carbonyl (C=O) groups excluding carboxylic acids is 3. The maximum atomic E-state index is 12.8. The fourth-order valence-electron chi connectivity index (χ4n) is 2.80. The lowest BCUT2D eigenvalue weighted by Crippen LogP contribution is -2.32. The zero-order valence-corrected chi connectivity index (χ0v) is 16.2. The number of nitrogens with one attached hydrogen (secondary N) is 1. The van der Waals surface area contributed by atoms with Gasteiger partial charge in [0.1, 0.15) is 10.7 Å². The molecule has 1 aliphatic rings. The van der Waals surface area contributed by atoms with Crippen LogP contribution in [-0.2, 0) is 20.7 Å². The van der Waals surface area contributed by atoms with E-state index in [2.05, 4.69) is 5.32 Å². The maximum absolute atomic E-state index is 12.8. The molecule has 0 unspecified atom stereocenters. The zero-order chi connectivity index (χ0) is 20.3. The van der Waals surface area contributed by atoms with Crippen molar-refractivity contribution in [3.63, 3.8) is 0 Å². The first-order valence-corrected chi connectivity index (χ1v) is 9.25. The zero-order valence-electron chi connectivity index (χ0n) is 15.5. The second-order valence-electron chi connectivity index (χ2n) is 6.08. The standard InChI is InChI=1S/C21H19ClN2O4/c1-3-13-8-10-15(11-9-13)23-18-17(22)19(25)24(20(18)26)16-7-5-6-14(12-16)21(27)28-4-2/h5-12,23H,3-4H2,1-2H3. The minimum atomic E-state index is -0.652. The van der Waals surface area contributed by atoms with Gasteiger partial charge in [0.2, 0.25) is 0 Å². The number of halogens is 1. The van der Waals surface area contributed by atoms with Crippen molar-refractivity contribution in [2.24, 2.45) is 0 Å². The molecule has 0 aliphatic carbocycles. The second kappa shape index (κ2) is 8.27. The van der Waals surface area contributed by atoms with Gasteiger partial charge in [-0.05, 0) is 49.2 Å². The molecule has 1 N–H and O–H groups in total. The molecule has 2 aromatic carbocycles. The van der Waals surface area contributed by atoms with Crippen LogP contribution in [-0.4, -0.2) is 24.4 Å². The SMILES string of the molecule is CCOC(=O)c1cccc(N2C(=O)C(Cl)=C(Nc3ccc(CC)cc3)C2=O)c1. The molecular formula is C21H19ClN2O4. The van der Waals surface area contributed by atoms with Crippen molar-refractivity contribution in [2.75, 3.05) is 16.8 Å². The first-order valence-electron chi connectivity index (χ1n) is 8.88. The van der Waals surface area contributed by atoms with Crippen LogP contribution in [0, 0.1) is 0 Å². The van der Waals surface area contributed by atoms with Crippen molar-refractivity contribution in [3.8, 4) is 0 Å². The van der Waals surface area contributed by atoms with Gasteiger partial charge in [0.15, 0.2) is 0 Å². The molecule has 0 saturated heterocycles. The lowest BCUT2D eigenvalue weighted by Gasteiger charge is -2.16. The van der Waals surface area contributed by atoms with Gasteiger partial charge >= 0.3 is 5.97 Å². The van der Waals surface area contributed by atoms with Crippen molar-refractivity contribution in [3.05, 3.63) is 70.4 Å². The summed E-state index contributed by atoms with van der Waals surface area (Å²) in [6.45, 7) is 3.97. The third-order valence-corrected chi connectivity index (χ3v) is 4.62. The maximum Gasteiger partial charge on any atom is 0.338 e. The van der Waals surface area contributed by atoms with Crippen LogP contribution >= 0.6 is 11.6 Å². The summed E-state index contributed by atoms with van der Waals surface area (Å²) in [5.41, 5.74) is 2.28. The number of carbonyl (C=O) groups is 3. The molecule has 0 radical (unpaired) electrons. The molecular weight excluding hydrogens is 380 g/mol. The lowest BCUT2D eigenvalue weighted by atomic mass is 10.1. The lowest BCUT2D eigenvalue weighted by molar-refractivity contribution is -0.120. The molecule has 0 fully saturated rings. The second-order valence-corrected chi connectivity index (χ2v) is 6.46. The number of benzene rings is 2. The van der Waals surface area contributed by atoms with Crippen molar-refractivity contribution in [1.82, 2.24) is 0 Å². The van der Waals surface area contributed by atoms with E-state index in [-0.39, 0.29) is 28.6 Å². The van der Waals surface area contributed by atoms with Crippen LogP contribution in [0.1, 0.15) is 29.8 Å². The molecule has 6 nitrogen and oxygen atoms in total. The summed E-state index contributed by atoms with van der Waals surface area (Å²) < 4.78 is 4.96. The van der Waals surface area contributed by atoms with E-state index in [0.717, 1.165) is 16.9 Å². The Balaban J connectivity index is 1.86. The Labute approximate surface area is 167 Å². The topological polar surface area (TPSA) is 75.7 Å². The monoisotopic (exact) mass is 398 g/mol. The smallest absolute Gasteiger partial charge is 0.338 e. The molecule has 28 heavy (non-hydrogen) atoms. The molecule has 0 bridgehead atoms. The molecule has 7 heteroatoms. The normalized spacial score (nSPS) is 13.9. The van der Waals surface area contributed by atoms with Gasteiger partial charge in [-0.1, -0.05) is 36.7 Å². The highest BCUT2D eigenvalue weighted by molar-refractivity contribution is 6.53. The van der Waals surface area contributed by atoms with E-state index >= 15 is 0 Å². The van der Waals surface area contributed by atoms with E-state index in [4.69, 9.17) is 16.3 Å². The van der Waals surface area contributed by atoms with Gasteiger partial charge in [-0.3, -0.25) is 9.59 Å². The highest BCUT2D eigenvalue weighted by Crippen LogP contribution is 2.30. The van der Waals surface area contributed by atoms with Crippen molar-refractivity contribution >= 4 is 40.8 Å². The van der Waals surface area contributed by atoms with E-state index in [1.165, 1.54) is 6.07 Å². The predicted octanol–water partition coefficient (Wildman–Crippen LogP) is 3.86. The quantitative estimate of drug-likeness (QED) is 0.590. The van der Waals surface area contributed by atoms with E-state index in [0.29, 0.717) is 5.69 Å². The van der Waals surface area contributed by atoms with Crippen LogP contribution in [0.4, 0.5) is 11.4 Å². The highest BCUT2D eigenvalue weighted by atomic mass is 35.5. The molecule has 144 valence electrons. The van der Waals surface area contributed by atoms with Crippen molar-refractivity contribution < 1.29 is 19.1 Å². The van der Waals surface area contributed by atoms with Crippen molar-refractivity contribution in [1.29, 1.82) is 0 Å². The first kappa shape index (κ1) is 19.6. The molecule has 0 atom stereocenters. The van der Waals surface area contributed by atoms with E-state index in [9.17, 15) is 14.4 Å². The van der Waals surface area contributed by atoms with Crippen LogP contribution in [0.25, 0.3) is 0 Å². The summed E-state index contributed by atoms with van der Waals surface area (Å²) in [5, 5.41) is 2.72. The summed E-state index contributed by atoms with van der Waals surface area (Å²) in [5.74, 6) is -1.77. The van der Waals surface area contributed by atoms with E-state index in [1.807, 2.05) is 31.2 Å². The van der Waals surface area contributed by atoms with Crippen LogP contribution in [0.2, 0.25) is 0 Å². The highest BCUT2D eigenvalue weighted by Gasteiger charge is 2.39. The Hall–Kier alpha value is -3.12. The number of hydrogen-bond acceptors (Lipinski definition) is 5. The summed E-state index contributed by atoms with van der Waals surface area (Å²) in [6.07, 6.45) is 0.895. The molecule has 0 aromatic heterocycles.